The van der Waals surface area contributed by atoms with Crippen LogP contribution in [0, 0.1) is 0 Å². The zero-order valence-corrected chi connectivity index (χ0v) is 18.5. The fourth-order valence-corrected chi connectivity index (χ4v) is 4.86. The molecule has 3 aliphatic rings. The number of benzene rings is 2. The van der Waals surface area contributed by atoms with Crippen LogP contribution >= 0.6 is 0 Å². The second kappa shape index (κ2) is 6.42. The van der Waals surface area contributed by atoms with E-state index in [1.54, 1.807) is 12.1 Å². The summed E-state index contributed by atoms with van der Waals surface area (Å²) < 4.78 is 12.2. The lowest BCUT2D eigenvalue weighted by molar-refractivity contribution is 0.0879. The van der Waals surface area contributed by atoms with E-state index in [0.717, 1.165) is 46.7 Å². The van der Waals surface area contributed by atoms with Crippen molar-refractivity contribution in [2.24, 2.45) is 4.99 Å². The number of amides is 2. The minimum absolute atomic E-state index is 0.313. The van der Waals surface area contributed by atoms with Gasteiger partial charge in [-0.1, -0.05) is 6.07 Å². The Bertz CT molecular complexity index is 1190. The molecule has 0 spiro atoms. The lowest BCUT2D eigenvalue weighted by Crippen LogP contribution is -2.30. The number of hydrogen-bond donors (Lipinski definition) is 1. The van der Waals surface area contributed by atoms with Crippen molar-refractivity contribution in [3.63, 3.8) is 0 Å². The lowest BCUT2D eigenvalue weighted by Gasteiger charge is -2.31. The Morgan fingerprint density at radius 3 is 2.55 bits per heavy atom. The fourth-order valence-electron chi connectivity index (χ4n) is 4.86. The average Bonchev–Trinajstić information content (AvgIpc) is 3.15. The zero-order valence-electron chi connectivity index (χ0n) is 18.5. The van der Waals surface area contributed by atoms with Crippen molar-refractivity contribution in [3.8, 4) is 11.5 Å². The maximum atomic E-state index is 12.3. The van der Waals surface area contributed by atoms with Gasteiger partial charge in [0.05, 0.1) is 29.0 Å². The van der Waals surface area contributed by atoms with Gasteiger partial charge < -0.3 is 9.47 Å². The van der Waals surface area contributed by atoms with Crippen LogP contribution in [0.1, 0.15) is 77.6 Å². The number of fused-ring (bicyclic) bond motifs is 4. The van der Waals surface area contributed by atoms with E-state index < -0.39 is 0 Å². The first kappa shape index (κ1) is 19.8. The Labute approximate surface area is 181 Å². The van der Waals surface area contributed by atoms with Crippen molar-refractivity contribution < 1.29 is 19.1 Å². The topological polar surface area (TPSA) is 77.0 Å². The van der Waals surface area contributed by atoms with Gasteiger partial charge in [0, 0.05) is 23.1 Å². The highest BCUT2D eigenvalue weighted by Gasteiger charge is 2.40. The van der Waals surface area contributed by atoms with Crippen LogP contribution < -0.4 is 14.8 Å². The maximum Gasteiger partial charge on any atom is 0.258 e. The molecule has 6 nitrogen and oxygen atoms in total. The van der Waals surface area contributed by atoms with Gasteiger partial charge in [0.1, 0.15) is 5.60 Å². The third-order valence-corrected chi connectivity index (χ3v) is 5.99. The van der Waals surface area contributed by atoms with Crippen LogP contribution in [0.5, 0.6) is 11.5 Å². The number of aliphatic imine (C=N–C) groups is 1. The highest BCUT2D eigenvalue weighted by molar-refractivity contribution is 6.23. The van der Waals surface area contributed by atoms with Gasteiger partial charge in [-0.15, -0.1) is 0 Å². The van der Waals surface area contributed by atoms with Gasteiger partial charge in [-0.2, -0.15) is 0 Å². The quantitative estimate of drug-likeness (QED) is 0.768. The summed E-state index contributed by atoms with van der Waals surface area (Å²) in [7, 11) is 0. The van der Waals surface area contributed by atoms with Crippen LogP contribution in [-0.4, -0.2) is 35.3 Å². The molecule has 0 fully saturated rings. The van der Waals surface area contributed by atoms with E-state index in [1.165, 1.54) is 5.56 Å². The van der Waals surface area contributed by atoms with Crippen LogP contribution in [0.25, 0.3) is 0 Å². The molecular weight excluding hydrogens is 392 g/mol. The Morgan fingerprint density at radius 2 is 1.81 bits per heavy atom. The van der Waals surface area contributed by atoms with Crippen LogP contribution in [-0.2, 0) is 12.8 Å². The van der Waals surface area contributed by atoms with E-state index in [-0.39, 0.29) is 23.0 Å². The number of carbonyl (C=O) groups excluding carboxylic acids is 2. The third-order valence-electron chi connectivity index (χ3n) is 5.99. The first-order valence-electron chi connectivity index (χ1n) is 10.7. The van der Waals surface area contributed by atoms with Crippen LogP contribution in [0.4, 0.5) is 0 Å². The number of ether oxygens (including phenoxy) is 2. The van der Waals surface area contributed by atoms with Crippen molar-refractivity contribution in [2.45, 2.75) is 58.6 Å². The zero-order chi connectivity index (χ0) is 22.1. The monoisotopic (exact) mass is 418 g/mol. The van der Waals surface area contributed by atoms with Gasteiger partial charge in [0.25, 0.3) is 11.8 Å². The minimum Gasteiger partial charge on any atom is -0.490 e. The highest BCUT2D eigenvalue weighted by atomic mass is 16.5. The van der Waals surface area contributed by atoms with Crippen molar-refractivity contribution in [2.75, 3.05) is 6.61 Å². The first-order chi connectivity index (χ1) is 14.6. The summed E-state index contributed by atoms with van der Waals surface area (Å²) in [5.41, 5.74) is 5.14. The minimum atomic E-state index is -0.362. The molecule has 2 aromatic carbocycles. The van der Waals surface area contributed by atoms with E-state index in [9.17, 15) is 9.59 Å². The molecule has 0 atom stereocenters. The Hall–Kier alpha value is -3.15. The molecule has 31 heavy (non-hydrogen) atoms. The molecule has 2 amide bonds. The van der Waals surface area contributed by atoms with Crippen molar-refractivity contribution in [1.29, 1.82) is 0 Å². The number of nitrogens with one attached hydrogen (secondary N) is 1. The van der Waals surface area contributed by atoms with E-state index >= 15 is 0 Å². The molecule has 0 unspecified atom stereocenters. The van der Waals surface area contributed by atoms with E-state index in [2.05, 4.69) is 39.1 Å². The van der Waals surface area contributed by atoms with Gasteiger partial charge in [-0.05, 0) is 64.8 Å². The van der Waals surface area contributed by atoms with Gasteiger partial charge in [0.15, 0.2) is 11.5 Å². The summed E-state index contributed by atoms with van der Waals surface area (Å²) in [5, 5.41) is 2.37. The van der Waals surface area contributed by atoms with E-state index in [0.29, 0.717) is 17.7 Å². The van der Waals surface area contributed by atoms with Crippen molar-refractivity contribution in [1.82, 2.24) is 5.32 Å². The highest BCUT2D eigenvalue weighted by Crippen LogP contribution is 2.48. The molecule has 0 saturated heterocycles. The van der Waals surface area contributed by atoms with Crippen molar-refractivity contribution >= 4 is 17.5 Å². The Morgan fingerprint density at radius 1 is 1.06 bits per heavy atom. The van der Waals surface area contributed by atoms with Crippen molar-refractivity contribution in [3.05, 3.63) is 57.6 Å². The summed E-state index contributed by atoms with van der Waals surface area (Å²) in [6.45, 7) is 10.9. The molecule has 0 aromatic heterocycles. The van der Waals surface area contributed by atoms with Crippen LogP contribution in [0.2, 0.25) is 0 Å². The molecule has 0 saturated carbocycles. The largest absolute Gasteiger partial charge is 0.490 e. The van der Waals surface area contributed by atoms with Gasteiger partial charge in [-0.3, -0.25) is 19.9 Å². The van der Waals surface area contributed by atoms with Crippen LogP contribution in [0.3, 0.4) is 0 Å². The Kier molecular flexibility index (Phi) is 4.10. The number of rotatable bonds is 3. The molecule has 0 aliphatic carbocycles. The van der Waals surface area contributed by atoms with Gasteiger partial charge in [0.2, 0.25) is 0 Å². The molecule has 2 aromatic rings. The van der Waals surface area contributed by atoms with Crippen LogP contribution in [0.15, 0.2) is 29.3 Å². The van der Waals surface area contributed by atoms with E-state index in [4.69, 9.17) is 14.5 Å². The molecule has 160 valence electrons. The second-order valence-electron chi connectivity index (χ2n) is 9.68. The molecule has 6 heteroatoms. The third kappa shape index (κ3) is 3.12. The average molecular weight is 418 g/mol. The molecule has 3 heterocycles. The first-order valence-corrected chi connectivity index (χ1v) is 10.7. The predicted molar refractivity (Wildman–Crippen MR) is 118 cm³/mol. The summed E-state index contributed by atoms with van der Waals surface area (Å²) >= 11 is 0. The molecule has 1 N–H and O–H groups in total. The van der Waals surface area contributed by atoms with Gasteiger partial charge in [-0.25, -0.2) is 0 Å². The summed E-state index contributed by atoms with van der Waals surface area (Å²) in [6, 6.07) is 7.46. The predicted octanol–water partition coefficient (Wildman–Crippen LogP) is 3.85. The maximum absolute atomic E-state index is 12.3. The van der Waals surface area contributed by atoms with E-state index in [1.807, 2.05) is 13.0 Å². The lowest BCUT2D eigenvalue weighted by atomic mass is 9.80. The fraction of sp³-hybridized carbons (Fsp3) is 0.400. The SMILES string of the molecule is CCOc1cc2c(c3c1OC(C)(C)C3)C(c1ccc3c(c1)C(=O)NC3=O)=NC(C)(C)C2. The summed E-state index contributed by atoms with van der Waals surface area (Å²) in [4.78, 5) is 29.4. The summed E-state index contributed by atoms with van der Waals surface area (Å²) in [5.74, 6) is 0.847. The molecule has 0 radical (unpaired) electrons. The molecule has 0 bridgehead atoms. The number of nitrogens with zero attached hydrogens (tertiary/aromatic N) is 1. The number of carbonyl (C=O) groups is 2. The molecule has 5 rings (SSSR count). The smallest absolute Gasteiger partial charge is 0.258 e. The Balaban J connectivity index is 1.74. The normalized spacial score (nSPS) is 19.7. The number of hydrogen-bond acceptors (Lipinski definition) is 5. The summed E-state index contributed by atoms with van der Waals surface area (Å²) in [6.07, 6.45) is 1.53. The standard InChI is InChI=1S/C25H26N2O4/c1-6-30-18-10-14-11-24(2,3)27-20(19(14)17-12-25(4,5)31-21(17)18)13-7-8-15-16(9-13)23(29)26-22(15)28/h7-10H,6,11-12H2,1-5H3,(H,26,28,29). The molecular formula is C25H26N2O4. The van der Waals surface area contributed by atoms with Gasteiger partial charge >= 0.3 is 0 Å². The second-order valence-corrected chi connectivity index (χ2v) is 9.68. The molecule has 3 aliphatic heterocycles. The number of imide groups is 1.